The highest BCUT2D eigenvalue weighted by Crippen LogP contribution is 2.61. The van der Waals surface area contributed by atoms with E-state index in [1.807, 2.05) is 25.1 Å². The monoisotopic (exact) mass is 393 g/mol. The molecule has 0 spiro atoms. The lowest BCUT2D eigenvalue weighted by atomic mass is 9.49. The fourth-order valence-electron chi connectivity index (χ4n) is 6.97. The van der Waals surface area contributed by atoms with Gasteiger partial charge in [-0.15, -0.1) is 0 Å². The second kappa shape index (κ2) is 6.96. The molecule has 4 bridgehead atoms. The number of fused-ring (bicyclic) bond motifs is 1. The first-order chi connectivity index (χ1) is 14.0. The van der Waals surface area contributed by atoms with Crippen LogP contribution in [0.1, 0.15) is 67.9 Å². The van der Waals surface area contributed by atoms with Crippen molar-refractivity contribution in [3.63, 3.8) is 0 Å². The molecule has 0 unspecified atom stereocenters. The van der Waals surface area contributed by atoms with Crippen LogP contribution in [-0.4, -0.2) is 22.0 Å². The van der Waals surface area contributed by atoms with E-state index in [9.17, 15) is 9.59 Å². The SMILES string of the molecule is CCn1c(=O)c(C)nc2cc(C(=O)NCCC34CC5CC(CC(C5)C3)C4)ccc21. The quantitative estimate of drug-likeness (QED) is 0.833. The average Bonchev–Trinajstić information content (AvgIpc) is 2.67. The van der Waals surface area contributed by atoms with Gasteiger partial charge in [-0.05, 0) is 100 Å². The highest BCUT2D eigenvalue weighted by Gasteiger charge is 2.50. The summed E-state index contributed by atoms with van der Waals surface area (Å²) in [6.45, 7) is 5.02. The van der Waals surface area contributed by atoms with Gasteiger partial charge in [0.2, 0.25) is 0 Å². The molecule has 1 N–H and O–H groups in total. The van der Waals surface area contributed by atoms with E-state index in [0.29, 0.717) is 28.7 Å². The number of aromatic nitrogens is 2. The predicted octanol–water partition coefficient (Wildman–Crippen LogP) is 4.06. The molecule has 154 valence electrons. The lowest BCUT2D eigenvalue weighted by Crippen LogP contribution is -2.47. The Morgan fingerprint density at radius 3 is 2.45 bits per heavy atom. The number of hydrogen-bond donors (Lipinski definition) is 1. The Morgan fingerprint density at radius 2 is 1.83 bits per heavy atom. The third-order valence-electron chi connectivity index (χ3n) is 7.79. The number of hydrogen-bond acceptors (Lipinski definition) is 3. The first-order valence-corrected chi connectivity index (χ1v) is 11.3. The molecule has 0 aliphatic heterocycles. The zero-order valence-corrected chi connectivity index (χ0v) is 17.5. The third-order valence-corrected chi connectivity index (χ3v) is 7.79. The number of carbonyl (C=O) groups excluding carboxylic acids is 1. The van der Waals surface area contributed by atoms with Crippen molar-refractivity contribution < 1.29 is 4.79 Å². The molecule has 1 aromatic heterocycles. The van der Waals surface area contributed by atoms with Crippen LogP contribution in [-0.2, 0) is 6.54 Å². The number of rotatable bonds is 5. The van der Waals surface area contributed by atoms with Crippen LogP contribution in [0.5, 0.6) is 0 Å². The molecule has 6 rings (SSSR count). The van der Waals surface area contributed by atoms with Crippen LogP contribution in [0, 0.1) is 30.1 Å². The number of aryl methyl sites for hydroxylation is 2. The topological polar surface area (TPSA) is 64.0 Å². The van der Waals surface area contributed by atoms with Gasteiger partial charge in [0.1, 0.15) is 5.69 Å². The van der Waals surface area contributed by atoms with Crippen LogP contribution in [0.25, 0.3) is 11.0 Å². The standard InChI is InChI=1S/C24H31N3O2/c1-3-27-21-5-4-19(11-20(21)26-15(2)23(27)29)22(28)25-7-6-24-12-16-8-17(13-24)10-18(9-16)14-24/h4-5,11,16-18H,3,6-10,12-14H2,1-2H3,(H,25,28). The Bertz CT molecular complexity index is 987. The Kier molecular flexibility index (Phi) is 4.52. The van der Waals surface area contributed by atoms with Gasteiger partial charge in [-0.3, -0.25) is 9.59 Å². The largest absolute Gasteiger partial charge is 0.352 e. The van der Waals surface area contributed by atoms with Crippen molar-refractivity contribution in [3.05, 3.63) is 39.8 Å². The maximum absolute atomic E-state index is 12.8. The van der Waals surface area contributed by atoms with Crippen LogP contribution >= 0.6 is 0 Å². The van der Waals surface area contributed by atoms with Crippen molar-refractivity contribution in [3.8, 4) is 0 Å². The summed E-state index contributed by atoms with van der Waals surface area (Å²) < 4.78 is 1.71. The van der Waals surface area contributed by atoms with E-state index < -0.39 is 0 Å². The second-order valence-electron chi connectivity index (χ2n) is 9.87. The number of nitrogens with zero attached hydrogens (tertiary/aromatic N) is 2. The van der Waals surface area contributed by atoms with E-state index in [4.69, 9.17) is 0 Å². The van der Waals surface area contributed by atoms with Crippen molar-refractivity contribution in [2.45, 2.75) is 65.3 Å². The molecule has 1 amide bonds. The summed E-state index contributed by atoms with van der Waals surface area (Å²) in [5.74, 6) is 2.80. The summed E-state index contributed by atoms with van der Waals surface area (Å²) in [5, 5.41) is 3.16. The van der Waals surface area contributed by atoms with Gasteiger partial charge in [-0.25, -0.2) is 4.98 Å². The molecule has 4 aliphatic rings. The van der Waals surface area contributed by atoms with Crippen molar-refractivity contribution in [2.75, 3.05) is 6.54 Å². The van der Waals surface area contributed by atoms with Gasteiger partial charge in [0.25, 0.3) is 11.5 Å². The summed E-state index contributed by atoms with van der Waals surface area (Å²) in [6.07, 6.45) is 9.62. The molecule has 0 saturated heterocycles. The van der Waals surface area contributed by atoms with Gasteiger partial charge in [-0.1, -0.05) is 0 Å². The summed E-state index contributed by atoms with van der Waals surface area (Å²) in [4.78, 5) is 29.5. The molecule has 1 aromatic carbocycles. The van der Waals surface area contributed by atoms with Gasteiger partial charge in [0, 0.05) is 18.7 Å². The predicted molar refractivity (Wildman–Crippen MR) is 114 cm³/mol. The van der Waals surface area contributed by atoms with Crippen LogP contribution in [0.3, 0.4) is 0 Å². The van der Waals surface area contributed by atoms with Crippen LogP contribution in [0.2, 0.25) is 0 Å². The number of carbonyl (C=O) groups is 1. The van der Waals surface area contributed by atoms with Crippen molar-refractivity contribution >= 4 is 16.9 Å². The van der Waals surface area contributed by atoms with Gasteiger partial charge in [0.05, 0.1) is 11.0 Å². The molecule has 4 saturated carbocycles. The van der Waals surface area contributed by atoms with E-state index in [1.165, 1.54) is 38.5 Å². The Labute approximate surface area is 171 Å². The van der Waals surface area contributed by atoms with Gasteiger partial charge in [-0.2, -0.15) is 0 Å². The minimum Gasteiger partial charge on any atom is -0.352 e. The molecule has 29 heavy (non-hydrogen) atoms. The lowest BCUT2D eigenvalue weighted by molar-refractivity contribution is -0.0564. The first-order valence-electron chi connectivity index (χ1n) is 11.3. The number of amides is 1. The van der Waals surface area contributed by atoms with E-state index >= 15 is 0 Å². The van der Waals surface area contributed by atoms with E-state index in [2.05, 4.69) is 10.3 Å². The minimum atomic E-state index is -0.0622. The highest BCUT2D eigenvalue weighted by molar-refractivity contribution is 5.97. The smallest absolute Gasteiger partial charge is 0.272 e. The molecule has 1 heterocycles. The van der Waals surface area contributed by atoms with Crippen LogP contribution in [0.4, 0.5) is 0 Å². The normalized spacial score (nSPS) is 30.1. The maximum Gasteiger partial charge on any atom is 0.272 e. The zero-order chi connectivity index (χ0) is 20.2. The van der Waals surface area contributed by atoms with E-state index in [0.717, 1.165) is 36.2 Å². The summed E-state index contributed by atoms with van der Waals surface area (Å²) in [5.41, 5.74) is 3.01. The van der Waals surface area contributed by atoms with Crippen molar-refractivity contribution in [2.24, 2.45) is 23.2 Å². The van der Waals surface area contributed by atoms with Crippen LogP contribution in [0.15, 0.2) is 23.0 Å². The molecule has 5 heteroatoms. The fourth-order valence-corrected chi connectivity index (χ4v) is 6.97. The summed E-state index contributed by atoms with van der Waals surface area (Å²) in [7, 11) is 0. The molecular formula is C24H31N3O2. The number of benzene rings is 1. The maximum atomic E-state index is 12.8. The van der Waals surface area contributed by atoms with E-state index in [-0.39, 0.29) is 11.5 Å². The third kappa shape index (κ3) is 3.28. The minimum absolute atomic E-state index is 0.0367. The van der Waals surface area contributed by atoms with Gasteiger partial charge < -0.3 is 9.88 Å². The Balaban J connectivity index is 1.28. The molecule has 0 atom stereocenters. The molecule has 4 aliphatic carbocycles. The van der Waals surface area contributed by atoms with Gasteiger partial charge in [0.15, 0.2) is 0 Å². The summed E-state index contributed by atoms with van der Waals surface area (Å²) >= 11 is 0. The molecule has 0 radical (unpaired) electrons. The van der Waals surface area contributed by atoms with Crippen molar-refractivity contribution in [1.82, 2.24) is 14.9 Å². The Morgan fingerprint density at radius 1 is 1.17 bits per heavy atom. The zero-order valence-electron chi connectivity index (χ0n) is 17.5. The van der Waals surface area contributed by atoms with Crippen molar-refractivity contribution in [1.29, 1.82) is 0 Å². The van der Waals surface area contributed by atoms with E-state index in [1.54, 1.807) is 11.5 Å². The first kappa shape index (κ1) is 18.8. The van der Waals surface area contributed by atoms with Crippen LogP contribution < -0.4 is 10.9 Å². The summed E-state index contributed by atoms with van der Waals surface area (Å²) in [6, 6.07) is 5.47. The Hall–Kier alpha value is -2.17. The molecule has 4 fully saturated rings. The second-order valence-corrected chi connectivity index (χ2v) is 9.87. The lowest BCUT2D eigenvalue weighted by Gasteiger charge is -2.57. The molecule has 2 aromatic rings. The molecular weight excluding hydrogens is 362 g/mol. The van der Waals surface area contributed by atoms with Gasteiger partial charge >= 0.3 is 0 Å². The molecule has 5 nitrogen and oxygen atoms in total. The highest BCUT2D eigenvalue weighted by atomic mass is 16.1. The fraction of sp³-hybridized carbons (Fsp3) is 0.625. The average molecular weight is 394 g/mol. The number of nitrogens with one attached hydrogen (secondary N) is 1.